The van der Waals surface area contributed by atoms with Crippen molar-refractivity contribution in [2.75, 3.05) is 20.2 Å². The number of amides is 1. The first-order valence-corrected chi connectivity index (χ1v) is 5.97. The van der Waals surface area contributed by atoms with Crippen LogP contribution in [0, 0.1) is 5.82 Å². The summed E-state index contributed by atoms with van der Waals surface area (Å²) in [6.07, 6.45) is 0.0362. The largest absolute Gasteiger partial charge is 0.378 e. The molecule has 2 atom stereocenters. The summed E-state index contributed by atoms with van der Waals surface area (Å²) in [5.41, 5.74) is 0.412. The molecule has 18 heavy (non-hydrogen) atoms. The van der Waals surface area contributed by atoms with Gasteiger partial charge in [-0.1, -0.05) is 18.2 Å². The summed E-state index contributed by atoms with van der Waals surface area (Å²) in [5.74, 6) is -0.531. The molecule has 1 fully saturated rings. The highest BCUT2D eigenvalue weighted by atomic mass is 19.1. The summed E-state index contributed by atoms with van der Waals surface area (Å²) in [4.78, 5) is 11.8. The molecule has 4 nitrogen and oxygen atoms in total. The molecule has 1 aromatic rings. The van der Waals surface area contributed by atoms with E-state index in [2.05, 4.69) is 10.6 Å². The molecule has 0 spiro atoms. The molecule has 1 unspecified atom stereocenters. The van der Waals surface area contributed by atoms with Crippen molar-refractivity contribution in [1.82, 2.24) is 10.6 Å². The van der Waals surface area contributed by atoms with Crippen molar-refractivity contribution in [2.24, 2.45) is 0 Å². The predicted molar refractivity (Wildman–Crippen MR) is 65.7 cm³/mol. The van der Waals surface area contributed by atoms with Crippen molar-refractivity contribution in [3.63, 3.8) is 0 Å². The summed E-state index contributed by atoms with van der Waals surface area (Å²) < 4.78 is 18.6. The second-order valence-electron chi connectivity index (χ2n) is 4.37. The predicted octanol–water partition coefficient (Wildman–Crippen LogP) is 0.471. The van der Waals surface area contributed by atoms with Crippen LogP contribution in [0.2, 0.25) is 0 Å². The number of carbonyl (C=O) groups is 1. The first-order chi connectivity index (χ1) is 8.70. The molecule has 0 saturated carbocycles. The van der Waals surface area contributed by atoms with Crippen LogP contribution in [0.3, 0.4) is 0 Å². The Hall–Kier alpha value is -1.46. The molecular formula is C13H17FN2O2. The van der Waals surface area contributed by atoms with Gasteiger partial charge >= 0.3 is 0 Å². The van der Waals surface area contributed by atoms with Gasteiger partial charge < -0.3 is 15.4 Å². The number of halogens is 1. The highest BCUT2D eigenvalue weighted by molar-refractivity contribution is 5.79. The van der Waals surface area contributed by atoms with Crippen molar-refractivity contribution < 1.29 is 13.9 Å². The van der Waals surface area contributed by atoms with Crippen molar-refractivity contribution in [2.45, 2.75) is 18.6 Å². The third-order valence-electron chi connectivity index (χ3n) is 3.12. The minimum absolute atomic E-state index is 0.0189. The Balaban J connectivity index is 1.91. The van der Waals surface area contributed by atoms with E-state index < -0.39 is 0 Å². The lowest BCUT2D eigenvalue weighted by atomic mass is 10.1. The minimum Gasteiger partial charge on any atom is -0.378 e. The summed E-state index contributed by atoms with van der Waals surface area (Å²) in [6, 6.07) is 6.27. The third-order valence-corrected chi connectivity index (χ3v) is 3.12. The number of benzene rings is 1. The fourth-order valence-electron chi connectivity index (χ4n) is 2.12. The topological polar surface area (TPSA) is 50.4 Å². The number of hydrogen-bond donors (Lipinski definition) is 2. The van der Waals surface area contributed by atoms with Crippen LogP contribution >= 0.6 is 0 Å². The standard InChI is InChI=1S/C13H17FN2O2/c1-18-12-8-15-7-11(12)16-13(17)6-9-4-2-3-5-10(9)14/h2-5,11-12,15H,6-8H2,1H3,(H,16,17)/t11?,12-/m1/s1. The van der Waals surface area contributed by atoms with Gasteiger partial charge in [-0.3, -0.25) is 4.79 Å². The van der Waals surface area contributed by atoms with E-state index in [4.69, 9.17) is 4.74 Å². The number of methoxy groups -OCH3 is 1. The molecule has 1 amide bonds. The van der Waals surface area contributed by atoms with Crippen LogP contribution in [0.15, 0.2) is 24.3 Å². The highest BCUT2D eigenvalue weighted by Crippen LogP contribution is 2.08. The van der Waals surface area contributed by atoms with E-state index in [9.17, 15) is 9.18 Å². The minimum atomic E-state index is -0.347. The van der Waals surface area contributed by atoms with Gasteiger partial charge in [0, 0.05) is 20.2 Å². The van der Waals surface area contributed by atoms with Crippen molar-refractivity contribution in [3.05, 3.63) is 35.6 Å². The quantitative estimate of drug-likeness (QED) is 0.819. The Morgan fingerprint density at radius 3 is 3.00 bits per heavy atom. The summed E-state index contributed by atoms with van der Waals surface area (Å²) >= 11 is 0. The molecule has 1 aromatic carbocycles. The Bertz CT molecular complexity index is 425. The first kappa shape index (κ1) is 13.0. The second kappa shape index (κ2) is 5.93. The molecule has 1 heterocycles. The van der Waals surface area contributed by atoms with Gasteiger partial charge in [-0.25, -0.2) is 4.39 Å². The Morgan fingerprint density at radius 2 is 2.28 bits per heavy atom. The Morgan fingerprint density at radius 1 is 1.50 bits per heavy atom. The fraction of sp³-hybridized carbons (Fsp3) is 0.462. The molecular weight excluding hydrogens is 235 g/mol. The third kappa shape index (κ3) is 3.05. The lowest BCUT2D eigenvalue weighted by Crippen LogP contribution is -2.44. The second-order valence-corrected chi connectivity index (χ2v) is 4.37. The average Bonchev–Trinajstić information content (AvgIpc) is 2.79. The smallest absolute Gasteiger partial charge is 0.224 e. The average molecular weight is 252 g/mol. The van der Waals surface area contributed by atoms with Crippen molar-refractivity contribution in [3.8, 4) is 0 Å². The van der Waals surface area contributed by atoms with E-state index in [0.29, 0.717) is 12.1 Å². The summed E-state index contributed by atoms with van der Waals surface area (Å²) in [7, 11) is 1.62. The van der Waals surface area contributed by atoms with Gasteiger partial charge in [0.05, 0.1) is 18.6 Å². The molecule has 1 aliphatic heterocycles. The van der Waals surface area contributed by atoms with Crippen molar-refractivity contribution >= 4 is 5.91 Å². The van der Waals surface area contributed by atoms with Crippen LogP contribution in [-0.4, -0.2) is 38.3 Å². The van der Waals surface area contributed by atoms with Gasteiger partial charge in [0.2, 0.25) is 5.91 Å². The zero-order valence-electron chi connectivity index (χ0n) is 10.3. The maximum Gasteiger partial charge on any atom is 0.224 e. The molecule has 2 N–H and O–H groups in total. The van der Waals surface area contributed by atoms with Gasteiger partial charge in [-0.2, -0.15) is 0 Å². The normalized spacial score (nSPS) is 23.0. The van der Waals surface area contributed by atoms with Crippen LogP contribution < -0.4 is 10.6 Å². The van der Waals surface area contributed by atoms with Crippen LogP contribution in [0.1, 0.15) is 5.56 Å². The van der Waals surface area contributed by atoms with Crippen LogP contribution in [0.5, 0.6) is 0 Å². The zero-order valence-corrected chi connectivity index (χ0v) is 10.3. The molecule has 0 aliphatic carbocycles. The van der Waals surface area contributed by atoms with Crippen molar-refractivity contribution in [1.29, 1.82) is 0 Å². The monoisotopic (exact) mass is 252 g/mol. The van der Waals surface area contributed by atoms with Crippen LogP contribution in [-0.2, 0) is 16.0 Å². The molecule has 1 saturated heterocycles. The lowest BCUT2D eigenvalue weighted by molar-refractivity contribution is -0.121. The van der Waals surface area contributed by atoms with Crippen LogP contribution in [0.4, 0.5) is 4.39 Å². The van der Waals surface area contributed by atoms with E-state index in [1.165, 1.54) is 6.07 Å². The molecule has 98 valence electrons. The van der Waals surface area contributed by atoms with Crippen LogP contribution in [0.25, 0.3) is 0 Å². The number of hydrogen-bond acceptors (Lipinski definition) is 3. The Labute approximate surface area is 106 Å². The lowest BCUT2D eigenvalue weighted by Gasteiger charge is -2.18. The number of nitrogens with one attached hydrogen (secondary N) is 2. The van der Waals surface area contributed by atoms with Gasteiger partial charge in [-0.15, -0.1) is 0 Å². The molecule has 5 heteroatoms. The molecule has 0 aromatic heterocycles. The molecule has 1 aliphatic rings. The molecule has 2 rings (SSSR count). The van der Waals surface area contributed by atoms with E-state index in [1.54, 1.807) is 25.3 Å². The molecule has 0 bridgehead atoms. The van der Waals surface area contributed by atoms with E-state index in [1.807, 2.05) is 0 Å². The SMILES string of the molecule is CO[C@@H]1CNCC1NC(=O)Cc1ccccc1F. The maximum absolute atomic E-state index is 13.4. The summed E-state index contributed by atoms with van der Waals surface area (Å²) in [5, 5.41) is 6.00. The Kier molecular flexibility index (Phi) is 4.28. The first-order valence-electron chi connectivity index (χ1n) is 5.97. The highest BCUT2D eigenvalue weighted by Gasteiger charge is 2.28. The van der Waals surface area contributed by atoms with Gasteiger partial charge in [-0.05, 0) is 11.6 Å². The van der Waals surface area contributed by atoms with E-state index in [0.717, 1.165) is 6.54 Å². The molecule has 0 radical (unpaired) electrons. The van der Waals surface area contributed by atoms with Gasteiger partial charge in [0.15, 0.2) is 0 Å². The zero-order chi connectivity index (χ0) is 13.0. The summed E-state index contributed by atoms with van der Waals surface area (Å²) in [6.45, 7) is 1.41. The van der Waals surface area contributed by atoms with E-state index in [-0.39, 0.29) is 30.3 Å². The number of rotatable bonds is 4. The van der Waals surface area contributed by atoms with Gasteiger partial charge in [0.25, 0.3) is 0 Å². The fourth-order valence-corrected chi connectivity index (χ4v) is 2.12. The number of ether oxygens (including phenoxy) is 1. The van der Waals surface area contributed by atoms with Gasteiger partial charge in [0.1, 0.15) is 5.82 Å². The van der Waals surface area contributed by atoms with E-state index >= 15 is 0 Å². The number of carbonyl (C=O) groups excluding carboxylic acids is 1. The maximum atomic E-state index is 13.4.